The molecule has 2 aliphatic carbocycles. The molecule has 0 aliphatic heterocycles. The maximum absolute atomic E-state index is 11.6. The molecule has 92 valence electrons. The van der Waals surface area contributed by atoms with E-state index in [0.29, 0.717) is 12.5 Å². The zero-order valence-electron chi connectivity index (χ0n) is 10.2. The largest absolute Gasteiger partial charge is 0.314 e. The minimum atomic E-state index is -0.0111. The summed E-state index contributed by atoms with van der Waals surface area (Å²) in [6.07, 6.45) is 5.25. The molecule has 0 aromatic carbocycles. The van der Waals surface area contributed by atoms with Crippen LogP contribution in [0.15, 0.2) is 10.9 Å². The fourth-order valence-corrected chi connectivity index (χ4v) is 3.56. The van der Waals surface area contributed by atoms with E-state index in [9.17, 15) is 4.79 Å². The molecule has 0 amide bonds. The lowest BCUT2D eigenvalue weighted by Gasteiger charge is -2.20. The van der Waals surface area contributed by atoms with Gasteiger partial charge in [0.2, 0.25) is 0 Å². The average molecular weight is 233 g/mol. The topological polar surface area (TPSA) is 57.8 Å². The predicted octanol–water partition coefficient (Wildman–Crippen LogP) is 1.39. The number of hydrogen-bond donors (Lipinski definition) is 2. The number of aromatic amines is 1. The van der Waals surface area contributed by atoms with Crippen LogP contribution in [0.4, 0.5) is 0 Å². The van der Waals surface area contributed by atoms with Crippen molar-refractivity contribution >= 4 is 0 Å². The third kappa shape index (κ3) is 2.02. The lowest BCUT2D eigenvalue weighted by molar-refractivity contribution is 0.403. The van der Waals surface area contributed by atoms with E-state index in [1.54, 1.807) is 6.07 Å². The highest BCUT2D eigenvalue weighted by Gasteiger charge is 2.41. The molecule has 4 nitrogen and oxygen atoms in total. The van der Waals surface area contributed by atoms with E-state index in [-0.39, 0.29) is 5.56 Å². The summed E-state index contributed by atoms with van der Waals surface area (Å²) in [6, 6.07) is 1.59. The molecule has 3 rings (SSSR count). The molecule has 4 heteroatoms. The number of aromatic nitrogens is 2. The van der Waals surface area contributed by atoms with E-state index >= 15 is 0 Å². The third-order valence-electron chi connectivity index (χ3n) is 4.26. The standard InChI is InChI=1S/C13H19N3O/c1-14-7-10-6-12(17)16-13(15-10)11-5-8-2-3-9(11)4-8/h6,8-9,11,14H,2-5,7H2,1H3,(H,15,16,17). The summed E-state index contributed by atoms with van der Waals surface area (Å²) < 4.78 is 0. The number of hydrogen-bond acceptors (Lipinski definition) is 3. The molecule has 0 radical (unpaired) electrons. The first kappa shape index (κ1) is 11.0. The molecule has 17 heavy (non-hydrogen) atoms. The van der Waals surface area contributed by atoms with Gasteiger partial charge in [-0.05, 0) is 38.1 Å². The van der Waals surface area contributed by atoms with Crippen molar-refractivity contribution in [3.63, 3.8) is 0 Å². The smallest absolute Gasteiger partial charge is 0.251 e. The van der Waals surface area contributed by atoms with Gasteiger partial charge in [-0.3, -0.25) is 4.79 Å². The Balaban J connectivity index is 1.89. The fraction of sp³-hybridized carbons (Fsp3) is 0.692. The Kier molecular flexibility index (Phi) is 2.74. The number of H-pyrrole nitrogens is 1. The molecule has 3 atom stereocenters. The van der Waals surface area contributed by atoms with Crippen molar-refractivity contribution in [2.75, 3.05) is 7.05 Å². The third-order valence-corrected chi connectivity index (χ3v) is 4.26. The number of rotatable bonds is 3. The Morgan fingerprint density at radius 3 is 3.00 bits per heavy atom. The van der Waals surface area contributed by atoms with Crippen molar-refractivity contribution in [1.29, 1.82) is 0 Å². The minimum absolute atomic E-state index is 0.0111. The first-order chi connectivity index (χ1) is 8.26. The Hall–Kier alpha value is -1.16. The fourth-order valence-electron chi connectivity index (χ4n) is 3.56. The molecule has 0 saturated heterocycles. The van der Waals surface area contributed by atoms with Gasteiger partial charge < -0.3 is 10.3 Å². The molecule has 2 N–H and O–H groups in total. The summed E-state index contributed by atoms with van der Waals surface area (Å²) >= 11 is 0. The van der Waals surface area contributed by atoms with Crippen molar-refractivity contribution in [1.82, 2.24) is 15.3 Å². The van der Waals surface area contributed by atoms with Gasteiger partial charge in [-0.2, -0.15) is 0 Å². The van der Waals surface area contributed by atoms with E-state index in [0.717, 1.165) is 23.4 Å². The van der Waals surface area contributed by atoms with E-state index in [1.165, 1.54) is 25.7 Å². The van der Waals surface area contributed by atoms with Gasteiger partial charge in [-0.15, -0.1) is 0 Å². The monoisotopic (exact) mass is 233 g/mol. The second kappa shape index (κ2) is 4.26. The molecule has 1 aromatic rings. The first-order valence-corrected chi connectivity index (χ1v) is 6.51. The van der Waals surface area contributed by atoms with E-state index in [4.69, 9.17) is 0 Å². The second-order valence-electron chi connectivity index (χ2n) is 5.43. The van der Waals surface area contributed by atoms with Crippen LogP contribution in [0.25, 0.3) is 0 Å². The van der Waals surface area contributed by atoms with Crippen LogP contribution in [-0.2, 0) is 6.54 Å². The molecule has 1 aromatic heterocycles. The van der Waals surface area contributed by atoms with Crippen LogP contribution in [0.2, 0.25) is 0 Å². The van der Waals surface area contributed by atoms with Crippen LogP contribution in [0.3, 0.4) is 0 Å². The number of nitrogens with one attached hydrogen (secondary N) is 2. The number of nitrogens with zero attached hydrogens (tertiary/aromatic N) is 1. The molecule has 1 heterocycles. The van der Waals surface area contributed by atoms with Gasteiger partial charge in [0.25, 0.3) is 5.56 Å². The summed E-state index contributed by atoms with van der Waals surface area (Å²) in [6.45, 7) is 0.664. The number of fused-ring (bicyclic) bond motifs is 2. The molecule has 0 spiro atoms. The Morgan fingerprint density at radius 1 is 1.47 bits per heavy atom. The molecule has 2 bridgehead atoms. The van der Waals surface area contributed by atoms with Crippen molar-refractivity contribution in [2.45, 2.75) is 38.1 Å². The SMILES string of the molecule is CNCc1cc(=O)[nH]c(C2CC3CCC2C3)n1. The summed E-state index contributed by atoms with van der Waals surface area (Å²) in [5, 5.41) is 3.05. The Labute approximate surface area is 101 Å². The second-order valence-corrected chi connectivity index (χ2v) is 5.43. The van der Waals surface area contributed by atoms with Gasteiger partial charge in [-0.25, -0.2) is 4.98 Å². The molecule has 3 unspecified atom stereocenters. The Morgan fingerprint density at radius 2 is 2.35 bits per heavy atom. The van der Waals surface area contributed by atoms with Crippen molar-refractivity contribution < 1.29 is 0 Å². The van der Waals surface area contributed by atoms with Gasteiger partial charge in [0.1, 0.15) is 5.82 Å². The van der Waals surface area contributed by atoms with Gasteiger partial charge >= 0.3 is 0 Å². The first-order valence-electron chi connectivity index (χ1n) is 6.51. The summed E-state index contributed by atoms with van der Waals surface area (Å²) in [7, 11) is 1.88. The zero-order chi connectivity index (χ0) is 11.8. The van der Waals surface area contributed by atoms with Crippen molar-refractivity contribution in [2.24, 2.45) is 11.8 Å². The lowest BCUT2D eigenvalue weighted by atomic mass is 9.88. The van der Waals surface area contributed by atoms with Crippen LogP contribution in [0.1, 0.15) is 43.1 Å². The highest BCUT2D eigenvalue weighted by atomic mass is 16.1. The highest BCUT2D eigenvalue weighted by Crippen LogP contribution is 2.51. The van der Waals surface area contributed by atoms with Gasteiger partial charge in [-0.1, -0.05) is 6.42 Å². The molecule has 2 aliphatic rings. The molecular weight excluding hydrogens is 214 g/mol. The Bertz CT molecular complexity index is 468. The maximum atomic E-state index is 11.6. The van der Waals surface area contributed by atoms with Crippen molar-refractivity contribution in [3.8, 4) is 0 Å². The van der Waals surface area contributed by atoms with E-state index < -0.39 is 0 Å². The van der Waals surface area contributed by atoms with Crippen LogP contribution in [-0.4, -0.2) is 17.0 Å². The lowest BCUT2D eigenvalue weighted by Crippen LogP contribution is -2.20. The van der Waals surface area contributed by atoms with Crippen molar-refractivity contribution in [3.05, 3.63) is 27.9 Å². The summed E-state index contributed by atoms with van der Waals surface area (Å²) in [4.78, 5) is 19.2. The van der Waals surface area contributed by atoms with E-state index in [1.807, 2.05) is 7.05 Å². The quantitative estimate of drug-likeness (QED) is 0.829. The zero-order valence-corrected chi connectivity index (χ0v) is 10.2. The van der Waals surface area contributed by atoms with Crippen LogP contribution < -0.4 is 10.9 Å². The van der Waals surface area contributed by atoms with Gasteiger partial charge in [0.05, 0.1) is 5.69 Å². The predicted molar refractivity (Wildman–Crippen MR) is 65.8 cm³/mol. The summed E-state index contributed by atoms with van der Waals surface area (Å²) in [5.74, 6) is 3.06. The highest BCUT2D eigenvalue weighted by molar-refractivity contribution is 5.11. The van der Waals surface area contributed by atoms with E-state index in [2.05, 4.69) is 15.3 Å². The normalized spacial score (nSPS) is 31.0. The van der Waals surface area contributed by atoms with Crippen LogP contribution in [0.5, 0.6) is 0 Å². The summed E-state index contributed by atoms with van der Waals surface area (Å²) in [5.41, 5.74) is 0.844. The molecular formula is C13H19N3O. The van der Waals surface area contributed by atoms with Gasteiger partial charge in [0, 0.05) is 18.5 Å². The van der Waals surface area contributed by atoms with Gasteiger partial charge in [0.15, 0.2) is 0 Å². The molecule has 2 fully saturated rings. The minimum Gasteiger partial charge on any atom is -0.314 e. The van der Waals surface area contributed by atoms with Crippen LogP contribution >= 0.6 is 0 Å². The van der Waals surface area contributed by atoms with Crippen LogP contribution in [0, 0.1) is 11.8 Å². The molecule has 2 saturated carbocycles. The maximum Gasteiger partial charge on any atom is 0.251 e. The average Bonchev–Trinajstić information content (AvgIpc) is 2.90.